The molecule has 2 aromatic carbocycles. The van der Waals surface area contributed by atoms with E-state index in [0.717, 1.165) is 16.7 Å². The van der Waals surface area contributed by atoms with Gasteiger partial charge in [0.15, 0.2) is 11.6 Å². The van der Waals surface area contributed by atoms with Crippen molar-refractivity contribution in [2.45, 2.75) is 19.3 Å². The zero-order chi connectivity index (χ0) is 14.1. The van der Waals surface area contributed by atoms with Crippen LogP contribution in [0.4, 0.5) is 4.39 Å². The Bertz CT molecular complexity index is 640. The van der Waals surface area contributed by atoms with Crippen LogP contribution in [0.3, 0.4) is 0 Å². The third-order valence-corrected chi connectivity index (χ3v) is 3.55. The fourth-order valence-electron chi connectivity index (χ4n) is 2.41. The van der Waals surface area contributed by atoms with Crippen LogP contribution in [-0.2, 0) is 18.0 Å². The van der Waals surface area contributed by atoms with E-state index in [1.165, 1.54) is 19.2 Å². The van der Waals surface area contributed by atoms with Crippen LogP contribution >= 0.6 is 0 Å². The molecule has 1 unspecified atom stereocenters. The van der Waals surface area contributed by atoms with E-state index in [2.05, 4.69) is 0 Å². The first-order valence-corrected chi connectivity index (χ1v) is 6.40. The van der Waals surface area contributed by atoms with Crippen LogP contribution in [0.25, 0.3) is 0 Å². The number of aliphatic hydroxyl groups is 1. The van der Waals surface area contributed by atoms with Gasteiger partial charge in [-0.25, -0.2) is 4.39 Å². The Morgan fingerprint density at radius 2 is 1.80 bits per heavy atom. The van der Waals surface area contributed by atoms with Crippen molar-refractivity contribution in [3.8, 4) is 5.75 Å². The molecule has 1 N–H and O–H groups in total. The molecule has 2 aromatic rings. The fraction of sp³-hybridized carbons (Fsp3) is 0.250. The van der Waals surface area contributed by atoms with Gasteiger partial charge < -0.3 is 14.6 Å². The van der Waals surface area contributed by atoms with Crippen molar-refractivity contribution in [1.29, 1.82) is 0 Å². The number of aliphatic hydroxyl groups excluding tert-OH is 1. The second-order valence-electron chi connectivity index (χ2n) is 4.82. The number of ether oxygens (including phenoxy) is 2. The highest BCUT2D eigenvalue weighted by Crippen LogP contribution is 2.29. The van der Waals surface area contributed by atoms with E-state index in [1.807, 2.05) is 18.2 Å². The molecule has 20 heavy (non-hydrogen) atoms. The number of benzene rings is 2. The van der Waals surface area contributed by atoms with Gasteiger partial charge in [0.05, 0.1) is 20.3 Å². The second-order valence-corrected chi connectivity index (χ2v) is 4.82. The number of halogens is 1. The summed E-state index contributed by atoms with van der Waals surface area (Å²) >= 11 is 0. The van der Waals surface area contributed by atoms with Gasteiger partial charge in [-0.1, -0.05) is 24.3 Å². The molecule has 4 heteroatoms. The van der Waals surface area contributed by atoms with Crippen LogP contribution < -0.4 is 4.74 Å². The first-order chi connectivity index (χ1) is 9.69. The van der Waals surface area contributed by atoms with Gasteiger partial charge in [0.2, 0.25) is 0 Å². The average molecular weight is 274 g/mol. The van der Waals surface area contributed by atoms with Gasteiger partial charge in [0.25, 0.3) is 0 Å². The van der Waals surface area contributed by atoms with E-state index in [4.69, 9.17) is 9.47 Å². The summed E-state index contributed by atoms with van der Waals surface area (Å²) < 4.78 is 23.9. The molecule has 0 saturated carbocycles. The Morgan fingerprint density at radius 1 is 1.10 bits per heavy atom. The topological polar surface area (TPSA) is 38.7 Å². The molecule has 1 aliphatic rings. The van der Waals surface area contributed by atoms with Gasteiger partial charge in [0.1, 0.15) is 6.10 Å². The zero-order valence-electron chi connectivity index (χ0n) is 11.1. The molecule has 0 amide bonds. The van der Waals surface area contributed by atoms with E-state index in [-0.39, 0.29) is 5.75 Å². The van der Waals surface area contributed by atoms with E-state index in [1.54, 1.807) is 6.07 Å². The Labute approximate surface area is 116 Å². The smallest absolute Gasteiger partial charge is 0.165 e. The van der Waals surface area contributed by atoms with Crippen molar-refractivity contribution < 1.29 is 19.0 Å². The van der Waals surface area contributed by atoms with Gasteiger partial charge in [0, 0.05) is 0 Å². The summed E-state index contributed by atoms with van der Waals surface area (Å²) in [6, 6.07) is 10.2. The van der Waals surface area contributed by atoms with Crippen LogP contribution in [0.5, 0.6) is 5.75 Å². The predicted octanol–water partition coefficient (Wildman–Crippen LogP) is 2.95. The number of hydrogen-bond acceptors (Lipinski definition) is 3. The lowest BCUT2D eigenvalue weighted by Gasteiger charge is -2.13. The molecule has 1 aliphatic heterocycles. The molecule has 3 nitrogen and oxygen atoms in total. The summed E-state index contributed by atoms with van der Waals surface area (Å²) in [7, 11) is 1.41. The first kappa shape index (κ1) is 13.1. The Balaban J connectivity index is 1.92. The molecule has 0 aromatic heterocycles. The minimum absolute atomic E-state index is 0.170. The average Bonchev–Trinajstić information content (AvgIpc) is 2.93. The van der Waals surface area contributed by atoms with Crippen molar-refractivity contribution in [2.24, 2.45) is 0 Å². The van der Waals surface area contributed by atoms with Crippen LogP contribution in [0.15, 0.2) is 36.4 Å². The lowest BCUT2D eigenvalue weighted by Crippen LogP contribution is -2.02. The third kappa shape index (κ3) is 2.28. The maximum Gasteiger partial charge on any atom is 0.165 e. The zero-order valence-corrected chi connectivity index (χ0v) is 11.1. The van der Waals surface area contributed by atoms with Gasteiger partial charge in [-0.15, -0.1) is 0 Å². The maximum absolute atomic E-state index is 13.7. The molecule has 0 bridgehead atoms. The molecule has 104 valence electrons. The molecule has 1 atom stereocenters. The number of hydrogen-bond donors (Lipinski definition) is 1. The van der Waals surface area contributed by atoms with Crippen molar-refractivity contribution in [2.75, 3.05) is 7.11 Å². The highest BCUT2D eigenvalue weighted by molar-refractivity contribution is 5.39. The van der Waals surface area contributed by atoms with Crippen molar-refractivity contribution >= 4 is 0 Å². The van der Waals surface area contributed by atoms with Crippen LogP contribution in [0, 0.1) is 5.82 Å². The van der Waals surface area contributed by atoms with E-state index < -0.39 is 11.9 Å². The monoisotopic (exact) mass is 274 g/mol. The lowest BCUT2D eigenvalue weighted by atomic mass is 9.98. The first-order valence-electron chi connectivity index (χ1n) is 6.40. The molecule has 3 rings (SSSR count). The molecular formula is C16H15FO3. The molecule has 0 fully saturated rings. The van der Waals surface area contributed by atoms with Crippen molar-refractivity contribution in [1.82, 2.24) is 0 Å². The molecule has 0 saturated heterocycles. The summed E-state index contributed by atoms with van der Waals surface area (Å²) in [5.41, 5.74) is 3.46. The van der Waals surface area contributed by atoms with E-state index in [9.17, 15) is 9.50 Å². The number of rotatable bonds is 3. The highest BCUT2D eigenvalue weighted by atomic mass is 19.1. The van der Waals surface area contributed by atoms with Gasteiger partial charge in [-0.05, 0) is 34.4 Å². The Morgan fingerprint density at radius 3 is 2.55 bits per heavy atom. The summed E-state index contributed by atoms with van der Waals surface area (Å²) in [5, 5.41) is 10.4. The largest absolute Gasteiger partial charge is 0.494 e. The maximum atomic E-state index is 13.7. The highest BCUT2D eigenvalue weighted by Gasteiger charge is 2.17. The normalized spacial score (nSPS) is 14.9. The predicted molar refractivity (Wildman–Crippen MR) is 71.9 cm³/mol. The standard InChI is InChI=1S/C16H15FO3/c1-19-15-5-4-11(7-14(15)17)16(18)10-2-3-12-8-20-9-13(12)6-10/h2-7,16,18H,8-9H2,1H3. The van der Waals surface area contributed by atoms with E-state index >= 15 is 0 Å². The summed E-state index contributed by atoms with van der Waals surface area (Å²) in [4.78, 5) is 0. The lowest BCUT2D eigenvalue weighted by molar-refractivity contribution is 0.134. The second kappa shape index (κ2) is 5.23. The summed E-state index contributed by atoms with van der Waals surface area (Å²) in [6.07, 6.45) is -0.860. The van der Waals surface area contributed by atoms with Crippen LogP contribution in [0.1, 0.15) is 28.4 Å². The Kier molecular flexibility index (Phi) is 3.42. The van der Waals surface area contributed by atoms with Crippen molar-refractivity contribution in [3.63, 3.8) is 0 Å². The van der Waals surface area contributed by atoms with Crippen LogP contribution in [0.2, 0.25) is 0 Å². The quantitative estimate of drug-likeness (QED) is 0.935. The summed E-state index contributed by atoms with van der Waals surface area (Å²) in [5.74, 6) is -0.308. The molecular weight excluding hydrogens is 259 g/mol. The van der Waals surface area contributed by atoms with E-state index in [0.29, 0.717) is 18.8 Å². The number of methoxy groups -OCH3 is 1. The molecule has 0 aliphatic carbocycles. The SMILES string of the molecule is COc1ccc(C(O)c2ccc3c(c2)COC3)cc1F. The Hall–Kier alpha value is -1.91. The van der Waals surface area contributed by atoms with Crippen LogP contribution in [-0.4, -0.2) is 12.2 Å². The van der Waals surface area contributed by atoms with Gasteiger partial charge in [-0.3, -0.25) is 0 Å². The van der Waals surface area contributed by atoms with Gasteiger partial charge in [-0.2, -0.15) is 0 Å². The van der Waals surface area contributed by atoms with Gasteiger partial charge >= 0.3 is 0 Å². The fourth-order valence-corrected chi connectivity index (χ4v) is 2.41. The molecule has 1 heterocycles. The molecule has 0 radical (unpaired) electrons. The number of fused-ring (bicyclic) bond motifs is 1. The molecule has 0 spiro atoms. The third-order valence-electron chi connectivity index (χ3n) is 3.55. The summed E-state index contributed by atoms with van der Waals surface area (Å²) in [6.45, 7) is 1.18. The minimum Gasteiger partial charge on any atom is -0.494 e. The van der Waals surface area contributed by atoms with Crippen molar-refractivity contribution in [3.05, 3.63) is 64.5 Å². The minimum atomic E-state index is -0.860.